The molecule has 0 aromatic carbocycles. The summed E-state index contributed by atoms with van der Waals surface area (Å²) in [6, 6.07) is -0.867. The quantitative estimate of drug-likeness (QED) is 0.718. The topological polar surface area (TPSA) is 59.9 Å². The smallest absolute Gasteiger partial charge is 0.217 e. The fourth-order valence-corrected chi connectivity index (χ4v) is 3.74. The molecule has 0 aliphatic rings. The van der Waals surface area contributed by atoms with E-state index in [-0.39, 0.29) is 8.81 Å². The Morgan fingerprint density at radius 1 is 1.58 bits per heavy atom. The molecule has 0 aliphatic carbocycles. The number of aromatic nitrogens is 2. The largest absolute Gasteiger partial charge is 0.383 e. The molecule has 0 amide bonds. The van der Waals surface area contributed by atoms with Crippen LogP contribution in [0.1, 0.15) is 0 Å². The highest BCUT2D eigenvalue weighted by atomic mass is 35.5. The third kappa shape index (κ3) is 1.73. The van der Waals surface area contributed by atoms with Gasteiger partial charge in [0, 0.05) is 17.9 Å². The van der Waals surface area contributed by atoms with Gasteiger partial charge in [-0.1, -0.05) is 10.2 Å². The van der Waals surface area contributed by atoms with Crippen molar-refractivity contribution in [1.82, 2.24) is 10.2 Å². The molecule has 1 aromatic rings. The summed E-state index contributed by atoms with van der Waals surface area (Å²) in [6.45, 7) is 0. The molecule has 0 N–H and O–H groups in total. The average Bonchev–Trinajstić information content (AvgIpc) is 2.29. The van der Waals surface area contributed by atoms with Crippen LogP contribution in [0.5, 0.6) is 0 Å². The molecular formula is C4H5ClFN2O2S2+. The van der Waals surface area contributed by atoms with Gasteiger partial charge in [-0.25, -0.2) is 8.42 Å². The van der Waals surface area contributed by atoms with Crippen LogP contribution in [0.2, 0.25) is 4.47 Å². The van der Waals surface area contributed by atoms with Crippen molar-refractivity contribution < 1.29 is 12.8 Å². The van der Waals surface area contributed by atoms with Crippen LogP contribution in [0.4, 0.5) is 4.39 Å². The molecule has 1 aromatic heterocycles. The number of nitrogens with zero attached hydrogens (tertiary/aromatic N) is 2. The Balaban J connectivity index is 3.36. The van der Waals surface area contributed by atoms with Crippen molar-refractivity contribution in [3.05, 3.63) is 4.47 Å². The van der Waals surface area contributed by atoms with Crippen LogP contribution >= 0.6 is 22.1 Å². The first-order chi connectivity index (χ1) is 5.46. The van der Waals surface area contributed by atoms with Gasteiger partial charge in [0.1, 0.15) is 0 Å². The standard InChI is InChI=1S/C4H5ClFN2O2S2/c1-12(9,10)4-8-7-3(5)11(4)2-6/h2H2,1H3/q+1. The predicted molar refractivity (Wildman–Crippen MR) is 43.7 cm³/mol. The second kappa shape index (κ2) is 3.23. The minimum atomic E-state index is -3.47. The molecule has 0 fully saturated rings. The van der Waals surface area contributed by atoms with Crippen LogP contribution in [0, 0.1) is 0 Å². The lowest BCUT2D eigenvalue weighted by atomic mass is 11.6. The number of halogens is 2. The molecule has 0 spiro atoms. The van der Waals surface area contributed by atoms with Crippen molar-refractivity contribution in [3.63, 3.8) is 0 Å². The van der Waals surface area contributed by atoms with E-state index in [0.29, 0.717) is 0 Å². The molecule has 1 unspecified atom stereocenters. The van der Waals surface area contributed by atoms with E-state index in [1.165, 1.54) is 0 Å². The zero-order valence-electron chi connectivity index (χ0n) is 5.99. The van der Waals surface area contributed by atoms with E-state index in [4.69, 9.17) is 11.6 Å². The molecule has 0 bridgehead atoms. The Kier molecular flexibility index (Phi) is 2.64. The van der Waals surface area contributed by atoms with Crippen molar-refractivity contribution in [1.29, 1.82) is 0 Å². The minimum Gasteiger partial charge on any atom is -0.217 e. The minimum absolute atomic E-state index is 0.0853. The van der Waals surface area contributed by atoms with E-state index in [0.717, 1.165) is 6.26 Å². The summed E-state index contributed by atoms with van der Waals surface area (Å²) in [7, 11) is -4.75. The third-order valence-electron chi connectivity index (χ3n) is 1.05. The van der Waals surface area contributed by atoms with Gasteiger partial charge in [-0.15, -0.1) is 0 Å². The van der Waals surface area contributed by atoms with Gasteiger partial charge in [0.15, 0.2) is 0 Å². The summed E-state index contributed by atoms with van der Waals surface area (Å²) in [5, 5.41) is 6.60. The van der Waals surface area contributed by atoms with Crippen LogP contribution in [0.25, 0.3) is 0 Å². The van der Waals surface area contributed by atoms with Crippen LogP contribution < -0.4 is 0 Å². The molecule has 0 aliphatic heterocycles. The third-order valence-corrected chi connectivity index (χ3v) is 5.12. The van der Waals surface area contributed by atoms with E-state index in [1.54, 1.807) is 0 Å². The van der Waals surface area contributed by atoms with Gasteiger partial charge >= 0.3 is 8.81 Å². The zero-order valence-corrected chi connectivity index (χ0v) is 8.38. The average molecular weight is 232 g/mol. The molecule has 1 rings (SSSR count). The Hall–Kier alpha value is -0.270. The monoisotopic (exact) mass is 231 g/mol. The Morgan fingerprint density at radius 3 is 2.50 bits per heavy atom. The molecule has 8 heteroatoms. The first-order valence-electron chi connectivity index (χ1n) is 2.75. The van der Waals surface area contributed by atoms with Crippen LogP contribution in [0.3, 0.4) is 0 Å². The molecule has 0 saturated carbocycles. The van der Waals surface area contributed by atoms with Crippen LogP contribution in [-0.2, 0) is 15.8 Å². The van der Waals surface area contributed by atoms with Crippen LogP contribution in [0.15, 0.2) is 4.34 Å². The van der Waals surface area contributed by atoms with Gasteiger partial charge in [0.25, 0.3) is 6.01 Å². The Labute approximate surface area is 76.3 Å². The van der Waals surface area contributed by atoms with Crippen molar-refractivity contribution in [3.8, 4) is 0 Å². The number of hydrogen-bond acceptors (Lipinski definition) is 4. The lowest BCUT2D eigenvalue weighted by Crippen LogP contribution is -1.97. The van der Waals surface area contributed by atoms with E-state index in [9.17, 15) is 12.8 Å². The zero-order chi connectivity index (χ0) is 9.35. The Bertz CT molecular complexity index is 388. The maximum atomic E-state index is 12.2. The molecule has 1 heterocycles. The van der Waals surface area contributed by atoms with Gasteiger partial charge in [-0.3, -0.25) is 0 Å². The van der Waals surface area contributed by atoms with Crippen molar-refractivity contribution >= 4 is 31.9 Å². The SMILES string of the molecule is CS(=O)(=O)c1nnc(Cl)[s+]1CF. The first kappa shape index (κ1) is 9.82. The highest BCUT2D eigenvalue weighted by Gasteiger charge is 2.31. The molecular weight excluding hydrogens is 227 g/mol. The fourth-order valence-electron chi connectivity index (χ4n) is 0.599. The fraction of sp³-hybridized carbons (Fsp3) is 0.500. The highest BCUT2D eigenvalue weighted by Crippen LogP contribution is 2.34. The van der Waals surface area contributed by atoms with E-state index in [1.807, 2.05) is 0 Å². The van der Waals surface area contributed by atoms with E-state index in [2.05, 4.69) is 10.2 Å². The molecule has 0 saturated heterocycles. The molecule has 0 radical (unpaired) electrons. The van der Waals surface area contributed by atoms with E-state index >= 15 is 0 Å². The lowest BCUT2D eigenvalue weighted by molar-refractivity contribution is 0.540. The van der Waals surface area contributed by atoms with Gasteiger partial charge in [-0.05, 0) is 0 Å². The lowest BCUT2D eigenvalue weighted by Gasteiger charge is -1.84. The molecule has 1 atom stereocenters. The van der Waals surface area contributed by atoms with Gasteiger partial charge in [0.05, 0.1) is 10.5 Å². The summed E-state index contributed by atoms with van der Waals surface area (Å²) < 4.78 is 33.7. The van der Waals surface area contributed by atoms with Crippen molar-refractivity contribution in [2.75, 3.05) is 6.26 Å². The summed E-state index contributed by atoms with van der Waals surface area (Å²) in [6.07, 6.45) is 0.951. The summed E-state index contributed by atoms with van der Waals surface area (Å²) in [4.78, 5) is 0. The Morgan fingerprint density at radius 2 is 2.17 bits per heavy atom. The van der Waals surface area contributed by atoms with Gasteiger partial charge < -0.3 is 0 Å². The van der Waals surface area contributed by atoms with Gasteiger partial charge in [-0.2, -0.15) is 4.39 Å². The summed E-state index contributed by atoms with van der Waals surface area (Å²) >= 11 is 5.42. The number of rotatable bonds is 2. The van der Waals surface area contributed by atoms with E-state index < -0.39 is 26.3 Å². The number of hydrogen-bond donors (Lipinski definition) is 0. The molecule has 4 nitrogen and oxygen atoms in total. The van der Waals surface area contributed by atoms with Crippen molar-refractivity contribution in [2.24, 2.45) is 0 Å². The second-order valence-electron chi connectivity index (χ2n) is 1.99. The molecule has 12 heavy (non-hydrogen) atoms. The number of alkyl halides is 1. The maximum Gasteiger partial charge on any atom is 0.383 e. The summed E-state index contributed by atoms with van der Waals surface area (Å²) in [5.74, 6) is 0. The predicted octanol–water partition coefficient (Wildman–Crippen LogP) is 1.21. The highest BCUT2D eigenvalue weighted by molar-refractivity contribution is 7.93. The first-order valence-corrected chi connectivity index (χ1v) is 6.41. The number of sulfone groups is 1. The van der Waals surface area contributed by atoms with Gasteiger partial charge in [0.2, 0.25) is 9.84 Å². The second-order valence-corrected chi connectivity index (χ2v) is 6.54. The normalized spacial score (nSPS) is 13.4. The molecule has 68 valence electrons. The summed E-state index contributed by atoms with van der Waals surface area (Å²) in [5.41, 5.74) is 0. The van der Waals surface area contributed by atoms with Crippen LogP contribution in [-0.4, -0.2) is 24.9 Å². The van der Waals surface area contributed by atoms with Crippen molar-refractivity contribution in [2.45, 2.75) is 10.3 Å². The maximum absolute atomic E-state index is 12.2.